The van der Waals surface area contributed by atoms with Crippen LogP contribution in [0.25, 0.3) is 22.2 Å². The van der Waals surface area contributed by atoms with E-state index in [1.807, 2.05) is 42.5 Å². The lowest BCUT2D eigenvalue weighted by Crippen LogP contribution is -2.37. The van der Waals surface area contributed by atoms with E-state index in [0.717, 1.165) is 65.7 Å². The molecule has 0 N–H and O–H groups in total. The number of hydrogen-bond donors (Lipinski definition) is 0. The fourth-order valence-corrected chi connectivity index (χ4v) is 6.53. The zero-order chi connectivity index (χ0) is 25.1. The second kappa shape index (κ2) is 10.2. The average Bonchev–Trinajstić information content (AvgIpc) is 3.24. The molecule has 6 nitrogen and oxygen atoms in total. The molecule has 36 heavy (non-hydrogen) atoms. The first-order valence-corrected chi connectivity index (χ1v) is 14.2. The highest BCUT2D eigenvalue weighted by molar-refractivity contribution is 7.92. The third kappa shape index (κ3) is 4.74. The zero-order valence-electron chi connectivity index (χ0n) is 20.5. The Balaban J connectivity index is 1.51. The van der Waals surface area contributed by atoms with Gasteiger partial charge in [-0.25, -0.2) is 13.4 Å². The summed E-state index contributed by atoms with van der Waals surface area (Å²) in [5.41, 5.74) is 6.28. The molecule has 1 fully saturated rings. The molecule has 2 heterocycles. The maximum Gasteiger partial charge on any atom is 0.235 e. The number of fused-ring (bicyclic) bond motifs is 1. The summed E-state index contributed by atoms with van der Waals surface area (Å²) in [5.74, 6) is 1.22. The number of unbranched alkanes of at least 4 members (excludes halogenated alkanes) is 1. The molecule has 1 aliphatic heterocycles. The molecule has 0 unspecified atom stereocenters. The van der Waals surface area contributed by atoms with Gasteiger partial charge in [0.25, 0.3) is 0 Å². The Kier molecular flexibility index (Phi) is 6.80. The summed E-state index contributed by atoms with van der Waals surface area (Å²) in [6.45, 7) is 3.34. The van der Waals surface area contributed by atoms with Gasteiger partial charge in [-0.05, 0) is 60.2 Å². The molecule has 0 radical (unpaired) electrons. The van der Waals surface area contributed by atoms with E-state index >= 15 is 0 Å². The second-order valence-corrected chi connectivity index (χ2v) is 11.4. The van der Waals surface area contributed by atoms with E-state index in [0.29, 0.717) is 24.3 Å². The summed E-state index contributed by atoms with van der Waals surface area (Å²) >= 11 is 0. The van der Waals surface area contributed by atoms with Gasteiger partial charge in [0.15, 0.2) is 0 Å². The van der Waals surface area contributed by atoms with E-state index in [2.05, 4.69) is 41.8 Å². The summed E-state index contributed by atoms with van der Waals surface area (Å²) < 4.78 is 29.2. The van der Waals surface area contributed by atoms with Crippen molar-refractivity contribution >= 4 is 26.7 Å². The number of sulfonamides is 1. The summed E-state index contributed by atoms with van der Waals surface area (Å²) in [5, 5.41) is 9.46. The number of benzene rings is 3. The number of nitrogens with zero attached hydrogens (tertiary/aromatic N) is 4. The standard InChI is InChI=1S/C29H30N4O2S/c1-2-3-10-29-31-27-16-15-25(33-17-6-7-18-36(33,34)35)19-28(27)32(29)21-22-11-13-23(14-12-22)26-9-5-4-8-24(26)20-30/h4-5,8-9,11-16,19H,2-3,6-7,10,17-18,21H2,1H3. The van der Waals surface area contributed by atoms with E-state index in [1.54, 1.807) is 4.31 Å². The topological polar surface area (TPSA) is 79.0 Å². The van der Waals surface area contributed by atoms with Gasteiger partial charge in [0.05, 0.1) is 34.1 Å². The predicted molar refractivity (Wildman–Crippen MR) is 144 cm³/mol. The largest absolute Gasteiger partial charge is 0.323 e. The Morgan fingerprint density at radius 1 is 1.03 bits per heavy atom. The second-order valence-electron chi connectivity index (χ2n) is 9.34. The molecule has 4 aromatic rings. The molecule has 1 saturated heterocycles. The van der Waals surface area contributed by atoms with E-state index in [-0.39, 0.29) is 5.75 Å². The van der Waals surface area contributed by atoms with Crippen LogP contribution in [0.3, 0.4) is 0 Å². The van der Waals surface area contributed by atoms with Gasteiger partial charge in [-0.3, -0.25) is 4.31 Å². The lowest BCUT2D eigenvalue weighted by atomic mass is 9.99. The van der Waals surface area contributed by atoms with Gasteiger partial charge < -0.3 is 4.57 Å². The Morgan fingerprint density at radius 2 is 1.83 bits per heavy atom. The molecule has 5 rings (SSSR count). The monoisotopic (exact) mass is 498 g/mol. The maximum atomic E-state index is 12.7. The molecule has 3 aromatic carbocycles. The van der Waals surface area contributed by atoms with E-state index in [4.69, 9.17) is 4.98 Å². The van der Waals surface area contributed by atoms with Crippen molar-refractivity contribution in [1.82, 2.24) is 9.55 Å². The van der Waals surface area contributed by atoms with E-state index in [9.17, 15) is 13.7 Å². The zero-order valence-corrected chi connectivity index (χ0v) is 21.3. The van der Waals surface area contributed by atoms with Crippen molar-refractivity contribution in [2.45, 2.75) is 45.6 Å². The molecule has 0 aliphatic carbocycles. The van der Waals surface area contributed by atoms with Crippen LogP contribution in [-0.2, 0) is 23.0 Å². The first kappa shape index (κ1) is 24.1. The van der Waals surface area contributed by atoms with Gasteiger partial charge in [0, 0.05) is 19.5 Å². The number of aryl methyl sites for hydroxylation is 1. The highest BCUT2D eigenvalue weighted by atomic mass is 32.2. The van der Waals surface area contributed by atoms with Gasteiger partial charge in [-0.2, -0.15) is 5.26 Å². The molecule has 0 amide bonds. The summed E-state index contributed by atoms with van der Waals surface area (Å²) in [6, 6.07) is 24.0. The van der Waals surface area contributed by atoms with Gasteiger partial charge >= 0.3 is 0 Å². The first-order valence-electron chi connectivity index (χ1n) is 12.6. The van der Waals surface area contributed by atoms with Crippen molar-refractivity contribution in [3.05, 3.63) is 83.7 Å². The molecular weight excluding hydrogens is 468 g/mol. The van der Waals surface area contributed by atoms with Crippen LogP contribution in [0, 0.1) is 11.3 Å². The Labute approximate surface area is 212 Å². The van der Waals surface area contributed by atoms with Crippen molar-refractivity contribution in [1.29, 1.82) is 5.26 Å². The third-order valence-electron chi connectivity index (χ3n) is 6.86. The average molecular weight is 499 g/mol. The SMILES string of the molecule is CCCCc1nc2ccc(N3CCCCS3(=O)=O)cc2n1Cc1ccc(-c2ccccc2C#N)cc1. The van der Waals surface area contributed by atoms with Crippen LogP contribution < -0.4 is 4.31 Å². The van der Waals surface area contributed by atoms with E-state index < -0.39 is 10.0 Å². The number of rotatable bonds is 7. The van der Waals surface area contributed by atoms with Crippen molar-refractivity contribution in [2.75, 3.05) is 16.6 Å². The minimum absolute atomic E-state index is 0.202. The highest BCUT2D eigenvalue weighted by Gasteiger charge is 2.26. The van der Waals surface area contributed by atoms with Gasteiger partial charge in [-0.15, -0.1) is 0 Å². The third-order valence-corrected chi connectivity index (χ3v) is 8.72. The number of hydrogen-bond acceptors (Lipinski definition) is 4. The molecule has 0 atom stereocenters. The molecule has 0 bridgehead atoms. The van der Waals surface area contributed by atoms with Crippen LogP contribution in [-0.4, -0.2) is 30.3 Å². The van der Waals surface area contributed by atoms with Crippen molar-refractivity contribution in [3.63, 3.8) is 0 Å². The normalized spacial score (nSPS) is 15.2. The quantitative estimate of drug-likeness (QED) is 0.318. The molecule has 0 saturated carbocycles. The molecule has 184 valence electrons. The summed E-state index contributed by atoms with van der Waals surface area (Å²) in [6.07, 6.45) is 4.58. The highest BCUT2D eigenvalue weighted by Crippen LogP contribution is 2.29. The van der Waals surface area contributed by atoms with Gasteiger partial charge in [-0.1, -0.05) is 55.8 Å². The van der Waals surface area contributed by atoms with Crippen LogP contribution in [0.15, 0.2) is 66.7 Å². The minimum Gasteiger partial charge on any atom is -0.323 e. The minimum atomic E-state index is -3.28. The molecule has 7 heteroatoms. The number of nitriles is 1. The van der Waals surface area contributed by atoms with Crippen LogP contribution in [0.2, 0.25) is 0 Å². The van der Waals surface area contributed by atoms with Crippen molar-refractivity contribution < 1.29 is 8.42 Å². The van der Waals surface area contributed by atoms with Crippen molar-refractivity contribution in [2.24, 2.45) is 0 Å². The smallest absolute Gasteiger partial charge is 0.235 e. The van der Waals surface area contributed by atoms with Gasteiger partial charge in [0.1, 0.15) is 5.82 Å². The Morgan fingerprint density at radius 3 is 2.58 bits per heavy atom. The number of anilines is 1. The molecule has 1 aromatic heterocycles. The first-order chi connectivity index (χ1) is 17.5. The van der Waals surface area contributed by atoms with Crippen LogP contribution >= 0.6 is 0 Å². The Bertz CT molecular complexity index is 1530. The number of aromatic nitrogens is 2. The summed E-state index contributed by atoms with van der Waals surface area (Å²) in [7, 11) is -3.28. The predicted octanol–water partition coefficient (Wildman–Crippen LogP) is 5.90. The fourth-order valence-electron chi connectivity index (χ4n) is 4.90. The lowest BCUT2D eigenvalue weighted by Gasteiger charge is -2.28. The van der Waals surface area contributed by atoms with Crippen molar-refractivity contribution in [3.8, 4) is 17.2 Å². The van der Waals surface area contributed by atoms with Crippen LogP contribution in [0.5, 0.6) is 0 Å². The van der Waals surface area contributed by atoms with E-state index in [1.165, 1.54) is 0 Å². The summed E-state index contributed by atoms with van der Waals surface area (Å²) in [4.78, 5) is 4.92. The molecule has 0 spiro atoms. The molecular formula is C29H30N4O2S. The Hall–Kier alpha value is -3.63. The number of imidazole rings is 1. The lowest BCUT2D eigenvalue weighted by molar-refractivity contribution is 0.574. The van der Waals surface area contributed by atoms with Gasteiger partial charge in [0.2, 0.25) is 10.0 Å². The fraction of sp³-hybridized carbons (Fsp3) is 0.310. The van der Waals surface area contributed by atoms with Crippen LogP contribution in [0.4, 0.5) is 5.69 Å². The van der Waals surface area contributed by atoms with Crippen LogP contribution in [0.1, 0.15) is 49.6 Å². The molecule has 1 aliphatic rings. The maximum absolute atomic E-state index is 12.7.